The van der Waals surface area contributed by atoms with Gasteiger partial charge in [-0.2, -0.15) is 5.26 Å². The first-order valence-electron chi connectivity index (χ1n) is 5.17. The fraction of sp³-hybridized carbons (Fsp3) is 0.250. The fourth-order valence-electron chi connectivity index (χ4n) is 1.12. The van der Waals surface area contributed by atoms with Gasteiger partial charge in [-0.1, -0.05) is 6.07 Å². The van der Waals surface area contributed by atoms with E-state index in [9.17, 15) is 4.79 Å². The van der Waals surface area contributed by atoms with Crippen molar-refractivity contribution in [3.8, 4) is 6.07 Å². The molecular weight excluding hydrogens is 218 g/mol. The van der Waals surface area contributed by atoms with E-state index in [4.69, 9.17) is 10.00 Å². The van der Waals surface area contributed by atoms with E-state index in [0.717, 1.165) is 5.56 Å². The minimum atomic E-state index is -0.617. The van der Waals surface area contributed by atoms with Crippen molar-refractivity contribution in [2.75, 3.05) is 6.61 Å². The summed E-state index contributed by atoms with van der Waals surface area (Å²) in [4.78, 5) is 15.2. The highest BCUT2D eigenvalue weighted by Crippen LogP contribution is 1.97. The molecule has 5 nitrogen and oxygen atoms in total. The molecule has 0 aromatic carbocycles. The van der Waals surface area contributed by atoms with Crippen LogP contribution in [0.1, 0.15) is 12.5 Å². The third-order valence-corrected chi connectivity index (χ3v) is 1.89. The SMILES string of the molecule is CCOC(=O)/C(C#N)=C/NCc1cccnc1. The highest BCUT2D eigenvalue weighted by atomic mass is 16.5. The zero-order valence-corrected chi connectivity index (χ0v) is 9.51. The number of ether oxygens (including phenoxy) is 1. The van der Waals surface area contributed by atoms with E-state index in [1.165, 1.54) is 6.20 Å². The monoisotopic (exact) mass is 231 g/mol. The molecule has 0 fully saturated rings. The molecule has 5 heteroatoms. The van der Waals surface area contributed by atoms with E-state index >= 15 is 0 Å². The molecule has 0 amide bonds. The van der Waals surface area contributed by atoms with Crippen LogP contribution in [0.5, 0.6) is 0 Å². The van der Waals surface area contributed by atoms with E-state index < -0.39 is 5.97 Å². The molecule has 1 N–H and O–H groups in total. The molecule has 0 radical (unpaired) electrons. The maximum absolute atomic E-state index is 11.3. The van der Waals surface area contributed by atoms with Crippen LogP contribution in [0.25, 0.3) is 0 Å². The Labute approximate surface area is 99.7 Å². The van der Waals surface area contributed by atoms with Gasteiger partial charge in [0.05, 0.1) is 6.61 Å². The van der Waals surface area contributed by atoms with Gasteiger partial charge < -0.3 is 10.1 Å². The first-order valence-corrected chi connectivity index (χ1v) is 5.17. The van der Waals surface area contributed by atoms with Gasteiger partial charge in [0.1, 0.15) is 6.07 Å². The molecule has 0 saturated carbocycles. The van der Waals surface area contributed by atoms with Crippen molar-refractivity contribution in [1.29, 1.82) is 5.26 Å². The Morgan fingerprint density at radius 1 is 1.71 bits per heavy atom. The summed E-state index contributed by atoms with van der Waals surface area (Å²) in [7, 11) is 0. The maximum atomic E-state index is 11.3. The second kappa shape index (κ2) is 7.01. The number of esters is 1. The van der Waals surface area contributed by atoms with Gasteiger partial charge in [-0.3, -0.25) is 4.98 Å². The molecule has 1 rings (SSSR count). The van der Waals surface area contributed by atoms with Crippen LogP contribution < -0.4 is 5.32 Å². The van der Waals surface area contributed by atoms with Gasteiger partial charge in [0, 0.05) is 25.1 Å². The van der Waals surface area contributed by atoms with Gasteiger partial charge in [-0.15, -0.1) is 0 Å². The minimum absolute atomic E-state index is 0.0456. The predicted molar refractivity (Wildman–Crippen MR) is 61.4 cm³/mol. The van der Waals surface area contributed by atoms with Crippen LogP contribution in [0.2, 0.25) is 0 Å². The average Bonchev–Trinajstić information content (AvgIpc) is 2.36. The molecule has 0 spiro atoms. The van der Waals surface area contributed by atoms with Crippen LogP contribution in [-0.4, -0.2) is 17.6 Å². The van der Waals surface area contributed by atoms with Gasteiger partial charge in [0.2, 0.25) is 0 Å². The number of pyridine rings is 1. The summed E-state index contributed by atoms with van der Waals surface area (Å²) in [6.07, 6.45) is 4.74. The van der Waals surface area contributed by atoms with Crippen LogP contribution in [0, 0.1) is 11.3 Å². The van der Waals surface area contributed by atoms with Crippen molar-refractivity contribution >= 4 is 5.97 Å². The lowest BCUT2D eigenvalue weighted by molar-refractivity contribution is -0.138. The van der Waals surface area contributed by atoms with E-state index in [0.29, 0.717) is 6.54 Å². The van der Waals surface area contributed by atoms with Crippen LogP contribution in [0.3, 0.4) is 0 Å². The summed E-state index contributed by atoms with van der Waals surface area (Å²) >= 11 is 0. The van der Waals surface area contributed by atoms with Crippen molar-refractivity contribution < 1.29 is 9.53 Å². The molecule has 1 heterocycles. The molecule has 1 aromatic heterocycles. The third-order valence-electron chi connectivity index (χ3n) is 1.89. The van der Waals surface area contributed by atoms with Crippen molar-refractivity contribution in [1.82, 2.24) is 10.3 Å². The maximum Gasteiger partial charge on any atom is 0.350 e. The van der Waals surface area contributed by atoms with Gasteiger partial charge >= 0.3 is 5.97 Å². The highest BCUT2D eigenvalue weighted by molar-refractivity contribution is 5.92. The number of carbonyl (C=O) groups is 1. The van der Waals surface area contributed by atoms with E-state index in [2.05, 4.69) is 10.3 Å². The molecule has 17 heavy (non-hydrogen) atoms. The van der Waals surface area contributed by atoms with Crippen LogP contribution in [0.4, 0.5) is 0 Å². The Hall–Kier alpha value is -2.35. The van der Waals surface area contributed by atoms with E-state index in [1.54, 1.807) is 25.4 Å². The number of rotatable bonds is 5. The average molecular weight is 231 g/mol. The third kappa shape index (κ3) is 4.34. The van der Waals surface area contributed by atoms with Crippen molar-refractivity contribution in [2.24, 2.45) is 0 Å². The first kappa shape index (κ1) is 12.7. The van der Waals surface area contributed by atoms with Gasteiger partial charge in [-0.05, 0) is 18.6 Å². The smallest absolute Gasteiger partial charge is 0.350 e. The summed E-state index contributed by atoms with van der Waals surface area (Å²) in [6.45, 7) is 2.44. The summed E-state index contributed by atoms with van der Waals surface area (Å²) in [5, 5.41) is 11.6. The fourth-order valence-corrected chi connectivity index (χ4v) is 1.12. The molecule has 0 unspecified atom stereocenters. The summed E-state index contributed by atoms with van der Waals surface area (Å²) in [5.41, 5.74) is 0.917. The van der Waals surface area contributed by atoms with Gasteiger partial charge in [0.25, 0.3) is 0 Å². The van der Waals surface area contributed by atoms with Crippen molar-refractivity contribution in [2.45, 2.75) is 13.5 Å². The molecule has 0 bridgehead atoms. The van der Waals surface area contributed by atoms with Gasteiger partial charge in [0.15, 0.2) is 5.57 Å². The van der Waals surface area contributed by atoms with E-state index in [1.807, 2.05) is 12.1 Å². The van der Waals surface area contributed by atoms with Crippen molar-refractivity contribution in [3.63, 3.8) is 0 Å². The van der Waals surface area contributed by atoms with Gasteiger partial charge in [-0.25, -0.2) is 4.79 Å². The lowest BCUT2D eigenvalue weighted by Crippen LogP contribution is -2.12. The van der Waals surface area contributed by atoms with Crippen LogP contribution >= 0.6 is 0 Å². The zero-order valence-electron chi connectivity index (χ0n) is 9.51. The molecule has 88 valence electrons. The number of nitriles is 1. The summed E-state index contributed by atoms with van der Waals surface area (Å²) in [6, 6.07) is 5.49. The van der Waals surface area contributed by atoms with Crippen molar-refractivity contribution in [3.05, 3.63) is 41.9 Å². The number of hydrogen-bond donors (Lipinski definition) is 1. The molecule has 0 aliphatic rings. The summed E-state index contributed by atoms with van der Waals surface area (Å²) < 4.78 is 4.72. The largest absolute Gasteiger partial charge is 0.462 e. The number of aromatic nitrogens is 1. The highest BCUT2D eigenvalue weighted by Gasteiger charge is 2.08. The number of nitrogens with zero attached hydrogens (tertiary/aromatic N) is 2. The standard InChI is InChI=1S/C12H13N3O2/c1-2-17-12(16)11(6-13)9-15-8-10-4-3-5-14-7-10/h3-5,7,9,15H,2,8H2,1H3/b11-9+. The Kier molecular flexibility index (Phi) is 5.25. The number of nitrogens with one attached hydrogen (secondary N) is 1. The Morgan fingerprint density at radius 2 is 2.53 bits per heavy atom. The normalized spacial score (nSPS) is 10.5. The quantitative estimate of drug-likeness (QED) is 0.467. The molecule has 0 saturated heterocycles. The number of hydrogen-bond acceptors (Lipinski definition) is 5. The number of carbonyl (C=O) groups excluding carboxylic acids is 1. The second-order valence-electron chi connectivity index (χ2n) is 3.13. The Bertz CT molecular complexity index is 435. The predicted octanol–water partition coefficient (Wildman–Crippen LogP) is 1.14. The molecule has 0 aliphatic heterocycles. The topological polar surface area (TPSA) is 75.0 Å². The lowest BCUT2D eigenvalue weighted by atomic mass is 10.3. The molecule has 0 atom stereocenters. The van der Waals surface area contributed by atoms with Crippen LogP contribution in [-0.2, 0) is 16.1 Å². The Balaban J connectivity index is 2.52. The molecule has 1 aromatic rings. The molecule has 0 aliphatic carbocycles. The lowest BCUT2D eigenvalue weighted by Gasteiger charge is -2.02. The van der Waals surface area contributed by atoms with E-state index in [-0.39, 0.29) is 12.2 Å². The zero-order chi connectivity index (χ0) is 12.5. The first-order chi connectivity index (χ1) is 8.27. The second-order valence-corrected chi connectivity index (χ2v) is 3.13. The Morgan fingerprint density at radius 3 is 3.12 bits per heavy atom. The van der Waals surface area contributed by atoms with Crippen LogP contribution in [0.15, 0.2) is 36.3 Å². The summed E-state index contributed by atoms with van der Waals surface area (Å²) in [5.74, 6) is -0.617. The molecular formula is C12H13N3O2. The minimum Gasteiger partial charge on any atom is -0.462 e.